The van der Waals surface area contributed by atoms with E-state index in [0.29, 0.717) is 29.6 Å². The van der Waals surface area contributed by atoms with Gasteiger partial charge in [0, 0.05) is 20.0 Å². The quantitative estimate of drug-likeness (QED) is 0.668. The van der Waals surface area contributed by atoms with Gasteiger partial charge in [-0.3, -0.25) is 4.79 Å². The molecule has 0 saturated heterocycles. The van der Waals surface area contributed by atoms with Crippen LogP contribution in [0.5, 0.6) is 0 Å². The third-order valence-corrected chi connectivity index (χ3v) is 2.03. The van der Waals surface area contributed by atoms with Gasteiger partial charge in [-0.25, -0.2) is 4.98 Å². The molecule has 0 aliphatic heterocycles. The summed E-state index contributed by atoms with van der Waals surface area (Å²) < 4.78 is 0. The van der Waals surface area contributed by atoms with E-state index in [-0.39, 0.29) is 5.91 Å². The lowest BCUT2D eigenvalue weighted by molar-refractivity contribution is -0.120. The van der Waals surface area contributed by atoms with Crippen molar-refractivity contribution in [1.29, 1.82) is 0 Å². The first-order chi connectivity index (χ1) is 7.13. The van der Waals surface area contributed by atoms with Crippen LogP contribution in [-0.4, -0.2) is 24.5 Å². The van der Waals surface area contributed by atoms with Crippen LogP contribution in [0.4, 0.5) is 11.5 Å². The van der Waals surface area contributed by atoms with Crippen LogP contribution in [0.25, 0.3) is 0 Å². The minimum atomic E-state index is -0.0388. The lowest BCUT2D eigenvalue weighted by Gasteiger charge is -2.07. The molecule has 0 aliphatic carbocycles. The Hall–Kier alpha value is -1.49. The SMILES string of the molecule is CNC(=O)CCNc1nc(Cl)ccc1N. The Morgan fingerprint density at radius 1 is 1.60 bits per heavy atom. The molecular formula is C9H13ClN4O. The Morgan fingerprint density at radius 2 is 2.33 bits per heavy atom. The van der Waals surface area contributed by atoms with E-state index in [0.717, 1.165) is 0 Å². The number of halogens is 1. The second kappa shape index (κ2) is 5.41. The number of carbonyl (C=O) groups excluding carboxylic acids is 1. The molecule has 0 saturated carbocycles. The molecule has 0 aromatic carbocycles. The lowest BCUT2D eigenvalue weighted by Crippen LogP contribution is -2.21. The van der Waals surface area contributed by atoms with Crippen LogP contribution in [0.15, 0.2) is 12.1 Å². The number of aromatic nitrogens is 1. The molecule has 0 fully saturated rings. The van der Waals surface area contributed by atoms with Crippen LogP contribution in [0, 0.1) is 0 Å². The van der Waals surface area contributed by atoms with Crippen molar-refractivity contribution >= 4 is 29.0 Å². The summed E-state index contributed by atoms with van der Waals surface area (Å²) in [5.41, 5.74) is 6.17. The highest BCUT2D eigenvalue weighted by molar-refractivity contribution is 6.29. The normalized spacial score (nSPS) is 9.73. The number of nitrogens with two attached hydrogens (primary N) is 1. The summed E-state index contributed by atoms with van der Waals surface area (Å²) in [7, 11) is 1.59. The van der Waals surface area contributed by atoms with Crippen molar-refractivity contribution in [1.82, 2.24) is 10.3 Å². The molecule has 6 heteroatoms. The van der Waals surface area contributed by atoms with Gasteiger partial charge in [0.1, 0.15) is 5.15 Å². The van der Waals surface area contributed by atoms with E-state index in [2.05, 4.69) is 15.6 Å². The maximum Gasteiger partial charge on any atom is 0.221 e. The standard InChI is InChI=1S/C9H13ClN4O/c1-12-8(15)4-5-13-9-6(11)2-3-7(10)14-9/h2-3H,4-5,11H2,1H3,(H,12,15)(H,13,14). The molecular weight excluding hydrogens is 216 g/mol. The zero-order valence-electron chi connectivity index (χ0n) is 8.38. The second-order valence-corrected chi connectivity index (χ2v) is 3.31. The van der Waals surface area contributed by atoms with Crippen molar-refractivity contribution in [2.45, 2.75) is 6.42 Å². The number of nitrogen functional groups attached to an aromatic ring is 1. The summed E-state index contributed by atoms with van der Waals surface area (Å²) in [6.45, 7) is 0.469. The first-order valence-corrected chi connectivity index (χ1v) is 4.87. The number of hydrogen-bond acceptors (Lipinski definition) is 4. The molecule has 0 spiro atoms. The number of amides is 1. The van der Waals surface area contributed by atoms with Crippen LogP contribution in [-0.2, 0) is 4.79 Å². The largest absolute Gasteiger partial charge is 0.396 e. The maximum atomic E-state index is 10.9. The van der Waals surface area contributed by atoms with Crippen LogP contribution in [0.1, 0.15) is 6.42 Å². The molecule has 0 unspecified atom stereocenters. The summed E-state index contributed by atoms with van der Waals surface area (Å²) in [6.07, 6.45) is 0.365. The Balaban J connectivity index is 2.50. The van der Waals surface area contributed by atoms with Crippen molar-refractivity contribution in [3.05, 3.63) is 17.3 Å². The number of nitrogens with one attached hydrogen (secondary N) is 2. The summed E-state index contributed by atoms with van der Waals surface area (Å²) in [6, 6.07) is 3.28. The molecule has 5 nitrogen and oxygen atoms in total. The molecule has 1 aromatic rings. The third-order valence-electron chi connectivity index (χ3n) is 1.82. The van der Waals surface area contributed by atoms with Crippen LogP contribution in [0.2, 0.25) is 5.15 Å². The first kappa shape index (κ1) is 11.6. The molecule has 1 aromatic heterocycles. The van der Waals surface area contributed by atoms with Gasteiger partial charge in [0.05, 0.1) is 5.69 Å². The average molecular weight is 229 g/mol. The van der Waals surface area contributed by atoms with Crippen LogP contribution < -0.4 is 16.4 Å². The Morgan fingerprint density at radius 3 is 3.00 bits per heavy atom. The Labute approximate surface area is 93.0 Å². The molecule has 1 heterocycles. The van der Waals surface area contributed by atoms with E-state index in [1.54, 1.807) is 19.2 Å². The summed E-state index contributed by atoms with van der Waals surface area (Å²) in [5.74, 6) is 0.467. The predicted octanol–water partition coefficient (Wildman–Crippen LogP) is 0.865. The van der Waals surface area contributed by atoms with Gasteiger partial charge >= 0.3 is 0 Å². The molecule has 1 amide bonds. The van der Waals surface area contributed by atoms with E-state index in [9.17, 15) is 4.79 Å². The van der Waals surface area contributed by atoms with Crippen molar-refractivity contribution in [3.8, 4) is 0 Å². The van der Waals surface area contributed by atoms with Gasteiger partial charge in [0.2, 0.25) is 5.91 Å². The molecule has 82 valence electrons. The van der Waals surface area contributed by atoms with E-state index in [1.807, 2.05) is 0 Å². The number of pyridine rings is 1. The molecule has 0 aliphatic rings. The van der Waals surface area contributed by atoms with Crippen molar-refractivity contribution < 1.29 is 4.79 Å². The van der Waals surface area contributed by atoms with Gasteiger partial charge in [0.25, 0.3) is 0 Å². The molecule has 0 bridgehead atoms. The summed E-state index contributed by atoms with van der Waals surface area (Å²) in [5, 5.41) is 5.83. The third kappa shape index (κ3) is 3.63. The highest BCUT2D eigenvalue weighted by Gasteiger charge is 2.02. The molecule has 0 atom stereocenters. The number of nitrogens with zero attached hydrogens (tertiary/aromatic N) is 1. The lowest BCUT2D eigenvalue weighted by atomic mass is 10.3. The van der Waals surface area contributed by atoms with Gasteiger partial charge in [-0.15, -0.1) is 0 Å². The van der Waals surface area contributed by atoms with Gasteiger partial charge in [-0.1, -0.05) is 11.6 Å². The fraction of sp³-hybridized carbons (Fsp3) is 0.333. The minimum absolute atomic E-state index is 0.0388. The highest BCUT2D eigenvalue weighted by atomic mass is 35.5. The van der Waals surface area contributed by atoms with E-state index >= 15 is 0 Å². The zero-order chi connectivity index (χ0) is 11.3. The van der Waals surface area contributed by atoms with Gasteiger partial charge in [0.15, 0.2) is 5.82 Å². The van der Waals surface area contributed by atoms with Crippen molar-refractivity contribution in [3.63, 3.8) is 0 Å². The van der Waals surface area contributed by atoms with Gasteiger partial charge in [-0.05, 0) is 12.1 Å². The van der Waals surface area contributed by atoms with Gasteiger partial charge in [-0.2, -0.15) is 0 Å². The summed E-state index contributed by atoms with van der Waals surface area (Å²) >= 11 is 5.70. The topological polar surface area (TPSA) is 80.0 Å². The van der Waals surface area contributed by atoms with Crippen LogP contribution in [0.3, 0.4) is 0 Å². The fourth-order valence-electron chi connectivity index (χ4n) is 1.01. The van der Waals surface area contributed by atoms with E-state index in [4.69, 9.17) is 17.3 Å². The Kier molecular flexibility index (Phi) is 4.17. The zero-order valence-corrected chi connectivity index (χ0v) is 9.14. The Bertz CT molecular complexity index is 356. The van der Waals surface area contributed by atoms with Crippen LogP contribution >= 0.6 is 11.6 Å². The molecule has 0 radical (unpaired) electrons. The molecule has 1 rings (SSSR count). The summed E-state index contributed by atoms with van der Waals surface area (Å²) in [4.78, 5) is 14.9. The monoisotopic (exact) mass is 228 g/mol. The van der Waals surface area contributed by atoms with E-state index in [1.165, 1.54) is 0 Å². The fourth-order valence-corrected chi connectivity index (χ4v) is 1.15. The average Bonchev–Trinajstić information content (AvgIpc) is 2.23. The first-order valence-electron chi connectivity index (χ1n) is 4.50. The smallest absolute Gasteiger partial charge is 0.221 e. The number of carbonyl (C=O) groups is 1. The number of rotatable bonds is 4. The molecule has 15 heavy (non-hydrogen) atoms. The van der Waals surface area contributed by atoms with Crippen molar-refractivity contribution in [2.75, 3.05) is 24.6 Å². The van der Waals surface area contributed by atoms with Gasteiger partial charge < -0.3 is 16.4 Å². The van der Waals surface area contributed by atoms with Crippen molar-refractivity contribution in [2.24, 2.45) is 0 Å². The second-order valence-electron chi connectivity index (χ2n) is 2.92. The predicted molar refractivity (Wildman–Crippen MR) is 60.8 cm³/mol. The molecule has 4 N–H and O–H groups in total. The highest BCUT2D eigenvalue weighted by Crippen LogP contribution is 2.17. The minimum Gasteiger partial charge on any atom is -0.396 e. The number of hydrogen-bond donors (Lipinski definition) is 3. The van der Waals surface area contributed by atoms with E-state index < -0.39 is 0 Å². The maximum absolute atomic E-state index is 10.9. The number of anilines is 2.